The maximum atomic E-state index is 4.40. The molecule has 112 valence electrons. The first-order chi connectivity index (χ1) is 10.3. The van der Waals surface area contributed by atoms with Crippen molar-refractivity contribution in [1.82, 2.24) is 15.2 Å². The Bertz CT molecular complexity index is 518. The summed E-state index contributed by atoms with van der Waals surface area (Å²) in [4.78, 5) is 6.96. The number of thiazole rings is 1. The Morgan fingerprint density at radius 1 is 1.29 bits per heavy atom. The van der Waals surface area contributed by atoms with Gasteiger partial charge in [0.25, 0.3) is 0 Å². The van der Waals surface area contributed by atoms with Gasteiger partial charge in [0.1, 0.15) is 5.01 Å². The molecule has 0 aliphatic carbocycles. The van der Waals surface area contributed by atoms with Gasteiger partial charge in [0, 0.05) is 24.2 Å². The Morgan fingerprint density at radius 3 is 2.71 bits per heavy atom. The molecule has 2 aromatic rings. The van der Waals surface area contributed by atoms with E-state index in [2.05, 4.69) is 57.8 Å². The van der Waals surface area contributed by atoms with Crippen molar-refractivity contribution in [2.45, 2.75) is 38.4 Å². The van der Waals surface area contributed by atoms with E-state index in [-0.39, 0.29) is 0 Å². The second kappa shape index (κ2) is 7.16. The summed E-state index contributed by atoms with van der Waals surface area (Å²) in [5.74, 6) is 0. The molecule has 1 atom stereocenters. The maximum Gasteiger partial charge on any atom is 0.109 e. The van der Waals surface area contributed by atoms with Crippen molar-refractivity contribution in [2.24, 2.45) is 0 Å². The lowest BCUT2D eigenvalue weighted by atomic mass is 10.0. The second-order valence-corrected chi connectivity index (χ2v) is 6.72. The quantitative estimate of drug-likeness (QED) is 0.916. The molecule has 3 nitrogen and oxygen atoms in total. The number of piperidine rings is 1. The first kappa shape index (κ1) is 14.7. The first-order valence-electron chi connectivity index (χ1n) is 7.73. The number of rotatable bonds is 5. The maximum absolute atomic E-state index is 4.40. The van der Waals surface area contributed by atoms with Crippen LogP contribution < -0.4 is 5.32 Å². The van der Waals surface area contributed by atoms with E-state index >= 15 is 0 Å². The molecule has 3 rings (SSSR count). The van der Waals surface area contributed by atoms with Crippen LogP contribution in [0.3, 0.4) is 0 Å². The smallest absolute Gasteiger partial charge is 0.109 e. The highest BCUT2D eigenvalue weighted by Gasteiger charge is 2.21. The Labute approximate surface area is 131 Å². The van der Waals surface area contributed by atoms with Gasteiger partial charge < -0.3 is 5.32 Å². The molecular weight excluding hydrogens is 278 g/mol. The van der Waals surface area contributed by atoms with E-state index in [4.69, 9.17) is 0 Å². The fraction of sp³-hybridized carbons (Fsp3) is 0.471. The van der Waals surface area contributed by atoms with E-state index in [9.17, 15) is 0 Å². The molecule has 1 aromatic carbocycles. The minimum absolute atomic E-state index is 0.371. The molecule has 1 saturated heterocycles. The normalized spacial score (nSPS) is 18.7. The van der Waals surface area contributed by atoms with Crippen molar-refractivity contribution in [3.05, 3.63) is 52.5 Å². The minimum atomic E-state index is 0.371. The lowest BCUT2D eigenvalue weighted by Gasteiger charge is -2.33. The molecule has 0 radical (unpaired) electrons. The first-order valence-corrected chi connectivity index (χ1v) is 8.61. The number of nitrogens with one attached hydrogen (secondary N) is 1. The lowest BCUT2D eigenvalue weighted by Crippen LogP contribution is -2.42. The van der Waals surface area contributed by atoms with Crippen LogP contribution in [0.25, 0.3) is 0 Å². The lowest BCUT2D eigenvalue weighted by molar-refractivity contribution is 0.185. The van der Waals surface area contributed by atoms with Crippen LogP contribution in [0.4, 0.5) is 0 Å². The molecule has 1 aromatic heterocycles. The highest BCUT2D eigenvalue weighted by molar-refractivity contribution is 7.09. The van der Waals surface area contributed by atoms with Crippen LogP contribution in [-0.4, -0.2) is 29.0 Å². The summed E-state index contributed by atoms with van der Waals surface area (Å²) in [6, 6.07) is 11.8. The Balaban J connectivity index is 1.45. The highest BCUT2D eigenvalue weighted by atomic mass is 32.1. The minimum Gasteiger partial charge on any atom is -0.305 e. The molecule has 4 heteroatoms. The number of benzene rings is 1. The number of aromatic nitrogens is 1. The van der Waals surface area contributed by atoms with Crippen LogP contribution >= 0.6 is 11.3 Å². The molecular formula is C17H23N3S. The van der Waals surface area contributed by atoms with Gasteiger partial charge in [-0.1, -0.05) is 30.3 Å². The van der Waals surface area contributed by atoms with E-state index < -0.39 is 0 Å². The Hall–Kier alpha value is -1.23. The van der Waals surface area contributed by atoms with Crippen molar-refractivity contribution >= 4 is 11.3 Å². The van der Waals surface area contributed by atoms with Crippen LogP contribution in [0.5, 0.6) is 0 Å². The molecule has 21 heavy (non-hydrogen) atoms. The van der Waals surface area contributed by atoms with Gasteiger partial charge in [-0.25, -0.2) is 4.98 Å². The van der Waals surface area contributed by atoms with Crippen LogP contribution in [0.1, 0.15) is 36.4 Å². The summed E-state index contributed by atoms with van der Waals surface area (Å²) in [7, 11) is 0. The van der Waals surface area contributed by atoms with Gasteiger partial charge in [0.15, 0.2) is 0 Å². The van der Waals surface area contributed by atoms with E-state index in [0.29, 0.717) is 12.1 Å². The SMILES string of the molecule is CC(NC1CCN(Cc2ccccc2)CC1)c1nccs1. The highest BCUT2D eigenvalue weighted by Crippen LogP contribution is 2.19. The number of likely N-dealkylation sites (tertiary alicyclic amines) is 1. The second-order valence-electron chi connectivity index (χ2n) is 5.79. The number of nitrogens with zero attached hydrogens (tertiary/aromatic N) is 2. The third-order valence-electron chi connectivity index (χ3n) is 4.14. The van der Waals surface area contributed by atoms with Gasteiger partial charge in [-0.15, -0.1) is 11.3 Å². The third-order valence-corrected chi connectivity index (χ3v) is 5.10. The van der Waals surface area contributed by atoms with E-state index in [1.165, 1.54) is 36.5 Å². The molecule has 1 fully saturated rings. The zero-order valence-electron chi connectivity index (χ0n) is 12.5. The fourth-order valence-electron chi connectivity index (χ4n) is 2.97. The van der Waals surface area contributed by atoms with Crippen molar-refractivity contribution in [1.29, 1.82) is 0 Å². The van der Waals surface area contributed by atoms with E-state index in [1.54, 1.807) is 11.3 Å². The van der Waals surface area contributed by atoms with Gasteiger partial charge in [0.2, 0.25) is 0 Å². The molecule has 0 amide bonds. The molecule has 0 saturated carbocycles. The fourth-order valence-corrected chi connectivity index (χ4v) is 3.63. The zero-order valence-corrected chi connectivity index (χ0v) is 13.4. The largest absolute Gasteiger partial charge is 0.305 e. The summed E-state index contributed by atoms with van der Waals surface area (Å²) >= 11 is 1.74. The predicted octanol–water partition coefficient (Wildman–Crippen LogP) is 3.46. The number of hydrogen-bond donors (Lipinski definition) is 1. The molecule has 1 aliphatic heterocycles. The van der Waals surface area contributed by atoms with Crippen LogP contribution in [0.15, 0.2) is 41.9 Å². The zero-order chi connectivity index (χ0) is 14.5. The monoisotopic (exact) mass is 301 g/mol. The summed E-state index contributed by atoms with van der Waals surface area (Å²) in [5, 5.41) is 6.97. The third kappa shape index (κ3) is 4.13. The molecule has 0 spiro atoms. The molecule has 2 heterocycles. The van der Waals surface area contributed by atoms with Crippen molar-refractivity contribution in [3.8, 4) is 0 Å². The molecule has 0 bridgehead atoms. The van der Waals surface area contributed by atoms with Gasteiger partial charge in [-0.05, 0) is 38.4 Å². The van der Waals surface area contributed by atoms with Gasteiger partial charge >= 0.3 is 0 Å². The van der Waals surface area contributed by atoms with Crippen molar-refractivity contribution in [2.75, 3.05) is 13.1 Å². The van der Waals surface area contributed by atoms with Gasteiger partial charge in [-0.3, -0.25) is 4.90 Å². The average Bonchev–Trinajstić information content (AvgIpc) is 3.05. The number of hydrogen-bond acceptors (Lipinski definition) is 4. The molecule has 1 N–H and O–H groups in total. The van der Waals surface area contributed by atoms with Crippen LogP contribution in [0.2, 0.25) is 0 Å². The Kier molecular flexibility index (Phi) is 5.01. The Morgan fingerprint density at radius 2 is 2.05 bits per heavy atom. The van der Waals surface area contributed by atoms with E-state index in [1.807, 2.05) is 6.20 Å². The average molecular weight is 301 g/mol. The summed E-state index contributed by atoms with van der Waals surface area (Å²) in [6.45, 7) is 5.65. The van der Waals surface area contributed by atoms with Gasteiger partial charge in [0.05, 0.1) is 6.04 Å². The van der Waals surface area contributed by atoms with Crippen LogP contribution in [0, 0.1) is 0 Å². The van der Waals surface area contributed by atoms with Gasteiger partial charge in [-0.2, -0.15) is 0 Å². The predicted molar refractivity (Wildman–Crippen MR) is 88.4 cm³/mol. The van der Waals surface area contributed by atoms with Crippen LogP contribution in [-0.2, 0) is 6.54 Å². The van der Waals surface area contributed by atoms with Crippen molar-refractivity contribution in [3.63, 3.8) is 0 Å². The summed E-state index contributed by atoms with van der Waals surface area (Å²) < 4.78 is 0. The summed E-state index contributed by atoms with van der Waals surface area (Å²) in [6.07, 6.45) is 4.34. The molecule has 1 aliphatic rings. The van der Waals surface area contributed by atoms with E-state index in [0.717, 1.165) is 6.54 Å². The standard InChI is InChI=1S/C17H23N3S/c1-14(17-18-9-12-21-17)19-16-7-10-20(11-8-16)13-15-5-3-2-4-6-15/h2-6,9,12,14,16,19H,7-8,10-11,13H2,1H3. The molecule has 1 unspecified atom stereocenters. The topological polar surface area (TPSA) is 28.2 Å². The summed E-state index contributed by atoms with van der Waals surface area (Å²) in [5.41, 5.74) is 1.42. The van der Waals surface area contributed by atoms with Crippen molar-refractivity contribution < 1.29 is 0 Å².